The topological polar surface area (TPSA) is 97.1 Å². The molecule has 7 heteroatoms. The van der Waals surface area contributed by atoms with Gasteiger partial charge in [0.05, 0.1) is 0 Å². The van der Waals surface area contributed by atoms with Crippen LogP contribution in [0.2, 0.25) is 0 Å². The minimum Gasteiger partial charge on any atom is -0.417 e. The van der Waals surface area contributed by atoms with E-state index in [0.29, 0.717) is 25.1 Å². The van der Waals surface area contributed by atoms with E-state index in [2.05, 4.69) is 45.1 Å². The summed E-state index contributed by atoms with van der Waals surface area (Å²) in [6, 6.07) is 37.9. The Morgan fingerprint density at radius 3 is 1.80 bits per heavy atom. The van der Waals surface area contributed by atoms with E-state index in [1.165, 1.54) is 11.1 Å². The SMILES string of the molecule is O=C(NCCc1nnc(C(=O)NCCC(c2ccccc2)c2ccccc2)o1)c1ccc(-c2ccccc2)cc1. The molecule has 2 N–H and O–H groups in total. The zero-order valence-electron chi connectivity index (χ0n) is 22.0. The predicted octanol–water partition coefficient (Wildman–Crippen LogP) is 5.66. The summed E-state index contributed by atoms with van der Waals surface area (Å²) in [5.74, 6) is -0.256. The molecule has 0 saturated carbocycles. The number of rotatable bonds is 11. The maximum absolute atomic E-state index is 12.6. The summed E-state index contributed by atoms with van der Waals surface area (Å²) in [6.45, 7) is 0.752. The normalized spacial score (nSPS) is 10.8. The first-order valence-electron chi connectivity index (χ1n) is 13.3. The summed E-state index contributed by atoms with van der Waals surface area (Å²) in [7, 11) is 0. The van der Waals surface area contributed by atoms with E-state index >= 15 is 0 Å². The van der Waals surface area contributed by atoms with Crippen LogP contribution in [0.5, 0.6) is 0 Å². The van der Waals surface area contributed by atoms with Crippen molar-refractivity contribution in [2.24, 2.45) is 0 Å². The van der Waals surface area contributed by atoms with Gasteiger partial charge in [0.2, 0.25) is 5.89 Å². The zero-order valence-corrected chi connectivity index (χ0v) is 22.0. The van der Waals surface area contributed by atoms with Crippen LogP contribution in [-0.4, -0.2) is 35.1 Å². The third-order valence-electron chi connectivity index (χ3n) is 6.66. The largest absolute Gasteiger partial charge is 0.417 e. The molecule has 0 spiro atoms. The molecule has 0 atom stereocenters. The number of hydrogen-bond acceptors (Lipinski definition) is 5. The number of hydrogen-bond donors (Lipinski definition) is 2. The van der Waals surface area contributed by atoms with Gasteiger partial charge in [-0.05, 0) is 40.8 Å². The fourth-order valence-corrected chi connectivity index (χ4v) is 4.58. The van der Waals surface area contributed by atoms with Gasteiger partial charge in [-0.1, -0.05) is 103 Å². The van der Waals surface area contributed by atoms with Gasteiger partial charge in [0.15, 0.2) is 0 Å². The van der Waals surface area contributed by atoms with E-state index in [0.717, 1.165) is 17.5 Å². The monoisotopic (exact) mass is 530 g/mol. The van der Waals surface area contributed by atoms with Gasteiger partial charge in [-0.2, -0.15) is 0 Å². The van der Waals surface area contributed by atoms with Crippen molar-refractivity contribution in [3.63, 3.8) is 0 Å². The van der Waals surface area contributed by atoms with Crippen LogP contribution < -0.4 is 10.6 Å². The first kappa shape index (κ1) is 26.6. The Hall–Kier alpha value is -5.04. The lowest BCUT2D eigenvalue weighted by Gasteiger charge is -2.18. The molecule has 0 saturated heterocycles. The van der Waals surface area contributed by atoms with Crippen molar-refractivity contribution in [2.45, 2.75) is 18.8 Å². The average molecular weight is 531 g/mol. The highest BCUT2D eigenvalue weighted by Crippen LogP contribution is 2.27. The van der Waals surface area contributed by atoms with Crippen LogP contribution >= 0.6 is 0 Å². The smallest absolute Gasteiger partial charge is 0.308 e. The summed E-state index contributed by atoms with van der Waals surface area (Å²) in [5.41, 5.74) is 5.09. The van der Waals surface area contributed by atoms with Crippen LogP contribution in [0.4, 0.5) is 0 Å². The van der Waals surface area contributed by atoms with E-state index < -0.39 is 5.91 Å². The molecule has 0 aliphatic rings. The first-order valence-corrected chi connectivity index (χ1v) is 13.3. The quantitative estimate of drug-likeness (QED) is 0.230. The van der Waals surface area contributed by atoms with Gasteiger partial charge in [-0.3, -0.25) is 9.59 Å². The molecule has 5 aromatic rings. The maximum atomic E-state index is 12.6. The lowest BCUT2D eigenvalue weighted by molar-refractivity contribution is 0.0912. The Kier molecular flexibility index (Phi) is 8.73. The third kappa shape index (κ3) is 6.88. The molecule has 2 amide bonds. The van der Waals surface area contributed by atoms with E-state index in [1.807, 2.05) is 78.9 Å². The molecular formula is C33H30N4O3. The molecule has 4 aromatic carbocycles. The van der Waals surface area contributed by atoms with Gasteiger partial charge in [0, 0.05) is 31.0 Å². The minimum atomic E-state index is -0.416. The van der Waals surface area contributed by atoms with E-state index in [-0.39, 0.29) is 23.6 Å². The fraction of sp³-hybridized carbons (Fsp3) is 0.152. The molecule has 0 bridgehead atoms. The Labute approximate surface area is 233 Å². The number of amides is 2. The van der Waals surface area contributed by atoms with Crippen molar-refractivity contribution in [1.82, 2.24) is 20.8 Å². The predicted molar refractivity (Wildman–Crippen MR) is 154 cm³/mol. The number of carbonyl (C=O) groups is 2. The lowest BCUT2D eigenvalue weighted by atomic mass is 9.88. The highest BCUT2D eigenvalue weighted by atomic mass is 16.4. The van der Waals surface area contributed by atoms with Crippen LogP contribution in [0, 0.1) is 0 Å². The third-order valence-corrected chi connectivity index (χ3v) is 6.66. The Morgan fingerprint density at radius 2 is 1.18 bits per heavy atom. The van der Waals surface area contributed by atoms with Crippen LogP contribution in [0.3, 0.4) is 0 Å². The summed E-state index contributed by atoms with van der Waals surface area (Å²) < 4.78 is 5.54. The molecule has 0 aliphatic heterocycles. The standard InChI is InChI=1S/C33H30N4O3/c38-31(28-18-16-25(17-19-28)24-10-4-1-5-11-24)34-23-21-30-36-37-33(40-30)32(39)35-22-20-29(26-12-6-2-7-13-26)27-14-8-3-9-15-27/h1-19,29H,20-23H2,(H,34,38)(H,35,39). The van der Waals surface area contributed by atoms with Crippen LogP contribution in [0.1, 0.15) is 50.4 Å². The van der Waals surface area contributed by atoms with Gasteiger partial charge in [0.25, 0.3) is 5.91 Å². The van der Waals surface area contributed by atoms with Crippen molar-refractivity contribution in [3.05, 3.63) is 144 Å². The molecular weight excluding hydrogens is 500 g/mol. The minimum absolute atomic E-state index is 0.0891. The number of carbonyl (C=O) groups excluding carboxylic acids is 2. The summed E-state index contributed by atoms with van der Waals surface area (Å²) >= 11 is 0. The number of benzene rings is 4. The molecule has 0 aliphatic carbocycles. The highest BCUT2D eigenvalue weighted by Gasteiger charge is 2.18. The number of nitrogens with zero attached hydrogens (tertiary/aromatic N) is 2. The van der Waals surface area contributed by atoms with E-state index in [1.54, 1.807) is 12.1 Å². The molecule has 0 unspecified atom stereocenters. The van der Waals surface area contributed by atoms with Gasteiger partial charge >= 0.3 is 11.8 Å². The van der Waals surface area contributed by atoms with Gasteiger partial charge in [-0.15, -0.1) is 10.2 Å². The molecule has 7 nitrogen and oxygen atoms in total. The van der Waals surface area contributed by atoms with E-state index in [4.69, 9.17) is 4.42 Å². The molecule has 200 valence electrons. The summed E-state index contributed by atoms with van der Waals surface area (Å²) in [6.07, 6.45) is 1.04. The Morgan fingerprint density at radius 1 is 0.625 bits per heavy atom. The molecule has 0 radical (unpaired) electrons. The molecule has 5 rings (SSSR count). The second kappa shape index (κ2) is 13.2. The lowest BCUT2D eigenvalue weighted by Crippen LogP contribution is -2.26. The van der Waals surface area contributed by atoms with Crippen molar-refractivity contribution >= 4 is 11.8 Å². The van der Waals surface area contributed by atoms with Crippen LogP contribution in [0.25, 0.3) is 11.1 Å². The number of nitrogens with one attached hydrogen (secondary N) is 2. The second-order valence-electron chi connectivity index (χ2n) is 9.37. The van der Waals surface area contributed by atoms with Crippen molar-refractivity contribution in [2.75, 3.05) is 13.1 Å². The summed E-state index contributed by atoms with van der Waals surface area (Å²) in [5, 5.41) is 13.6. The van der Waals surface area contributed by atoms with Crippen molar-refractivity contribution in [3.8, 4) is 11.1 Å². The maximum Gasteiger partial charge on any atom is 0.308 e. The highest BCUT2D eigenvalue weighted by molar-refractivity contribution is 5.94. The van der Waals surface area contributed by atoms with Crippen LogP contribution in [-0.2, 0) is 6.42 Å². The zero-order chi connectivity index (χ0) is 27.6. The molecule has 1 aromatic heterocycles. The molecule has 40 heavy (non-hydrogen) atoms. The second-order valence-corrected chi connectivity index (χ2v) is 9.37. The van der Waals surface area contributed by atoms with Gasteiger partial charge < -0.3 is 15.1 Å². The molecule has 0 fully saturated rings. The fourth-order valence-electron chi connectivity index (χ4n) is 4.58. The number of aromatic nitrogens is 2. The van der Waals surface area contributed by atoms with Crippen LogP contribution in [0.15, 0.2) is 120 Å². The van der Waals surface area contributed by atoms with Crippen molar-refractivity contribution in [1.29, 1.82) is 0 Å². The Bertz CT molecular complexity index is 1480. The van der Waals surface area contributed by atoms with Crippen molar-refractivity contribution < 1.29 is 14.0 Å². The molecule has 1 heterocycles. The van der Waals surface area contributed by atoms with Gasteiger partial charge in [0.1, 0.15) is 0 Å². The Balaban J connectivity index is 1.09. The average Bonchev–Trinajstić information content (AvgIpc) is 3.50. The van der Waals surface area contributed by atoms with E-state index in [9.17, 15) is 9.59 Å². The first-order chi connectivity index (χ1) is 19.7. The van der Waals surface area contributed by atoms with Gasteiger partial charge in [-0.25, -0.2) is 0 Å². The summed E-state index contributed by atoms with van der Waals surface area (Å²) in [4.78, 5) is 25.2.